The Labute approximate surface area is 105 Å². The van der Waals surface area contributed by atoms with Crippen molar-refractivity contribution in [1.29, 1.82) is 0 Å². The van der Waals surface area contributed by atoms with Crippen LogP contribution in [0.25, 0.3) is 0 Å². The van der Waals surface area contributed by atoms with Gasteiger partial charge < -0.3 is 10.5 Å². The minimum atomic E-state index is 0.323. The van der Waals surface area contributed by atoms with Gasteiger partial charge in [0, 0.05) is 25.7 Å². The van der Waals surface area contributed by atoms with Gasteiger partial charge in [0.15, 0.2) is 5.75 Å². The number of nitrogens with two attached hydrogens (primary N) is 1. The van der Waals surface area contributed by atoms with Gasteiger partial charge in [-0.05, 0) is 12.1 Å². The smallest absolute Gasteiger partial charge is 0.156 e. The van der Waals surface area contributed by atoms with E-state index in [2.05, 4.69) is 4.90 Å². The molecular formula is C11H14Cl2N2O. The first-order valence-electron chi connectivity index (χ1n) is 5.21. The predicted molar refractivity (Wildman–Crippen MR) is 66.4 cm³/mol. The lowest BCUT2D eigenvalue weighted by molar-refractivity contribution is 0.124. The van der Waals surface area contributed by atoms with Crippen molar-refractivity contribution in [3.8, 4) is 5.75 Å². The van der Waals surface area contributed by atoms with Crippen molar-refractivity contribution >= 4 is 23.2 Å². The molecule has 1 saturated heterocycles. The van der Waals surface area contributed by atoms with Crippen LogP contribution in [0, 0.1) is 0 Å². The van der Waals surface area contributed by atoms with E-state index >= 15 is 0 Å². The van der Waals surface area contributed by atoms with Crippen LogP contribution < -0.4 is 10.5 Å². The Bertz CT molecular complexity index is 347. The fourth-order valence-corrected chi connectivity index (χ4v) is 2.20. The normalized spacial score (nSPS) is 17.2. The van der Waals surface area contributed by atoms with E-state index in [-0.39, 0.29) is 0 Å². The number of para-hydroxylation sites is 1. The molecule has 0 amide bonds. The monoisotopic (exact) mass is 260 g/mol. The molecule has 16 heavy (non-hydrogen) atoms. The fraction of sp³-hybridized carbons (Fsp3) is 0.455. The highest BCUT2D eigenvalue weighted by Crippen LogP contribution is 2.32. The lowest BCUT2D eigenvalue weighted by Gasteiger charge is -2.36. The summed E-state index contributed by atoms with van der Waals surface area (Å²) in [6, 6.07) is 5.65. The summed E-state index contributed by atoms with van der Waals surface area (Å²) in [6.45, 7) is 3.32. The Morgan fingerprint density at radius 3 is 2.50 bits per heavy atom. The highest BCUT2D eigenvalue weighted by molar-refractivity contribution is 6.37. The molecule has 1 aliphatic rings. The van der Waals surface area contributed by atoms with Crippen LogP contribution in [0.4, 0.5) is 0 Å². The van der Waals surface area contributed by atoms with Crippen molar-refractivity contribution in [3.05, 3.63) is 28.2 Å². The SMILES string of the molecule is NC1CN(CCOc2c(Cl)cccc2Cl)C1. The number of halogens is 2. The number of hydrogen-bond donors (Lipinski definition) is 1. The molecular weight excluding hydrogens is 247 g/mol. The number of hydrogen-bond acceptors (Lipinski definition) is 3. The quantitative estimate of drug-likeness (QED) is 0.901. The van der Waals surface area contributed by atoms with Gasteiger partial charge in [-0.15, -0.1) is 0 Å². The van der Waals surface area contributed by atoms with Crippen molar-refractivity contribution in [3.63, 3.8) is 0 Å². The van der Waals surface area contributed by atoms with Crippen LogP contribution in [0.15, 0.2) is 18.2 Å². The second-order valence-corrected chi connectivity index (χ2v) is 4.73. The van der Waals surface area contributed by atoms with Gasteiger partial charge in [-0.3, -0.25) is 4.90 Å². The van der Waals surface area contributed by atoms with Gasteiger partial charge in [-0.1, -0.05) is 29.3 Å². The van der Waals surface area contributed by atoms with Gasteiger partial charge in [0.1, 0.15) is 6.61 Å². The minimum absolute atomic E-state index is 0.323. The Morgan fingerprint density at radius 1 is 1.31 bits per heavy atom. The van der Waals surface area contributed by atoms with Crippen molar-refractivity contribution < 1.29 is 4.74 Å². The fourth-order valence-electron chi connectivity index (χ4n) is 1.69. The van der Waals surface area contributed by atoms with Gasteiger partial charge in [0.05, 0.1) is 10.0 Å². The lowest BCUT2D eigenvalue weighted by Crippen LogP contribution is -2.56. The van der Waals surface area contributed by atoms with Crippen LogP contribution in [0.2, 0.25) is 10.0 Å². The van der Waals surface area contributed by atoms with Gasteiger partial charge in [-0.25, -0.2) is 0 Å². The summed E-state index contributed by atoms with van der Waals surface area (Å²) in [6.07, 6.45) is 0. The first-order chi connectivity index (χ1) is 7.66. The standard InChI is InChI=1S/C11H14Cl2N2O/c12-9-2-1-3-10(13)11(9)16-5-4-15-6-8(14)7-15/h1-3,8H,4-7,14H2. The van der Waals surface area contributed by atoms with E-state index in [1.807, 2.05) is 0 Å². The van der Waals surface area contributed by atoms with Gasteiger partial charge >= 0.3 is 0 Å². The molecule has 0 unspecified atom stereocenters. The van der Waals surface area contributed by atoms with Crippen LogP contribution in [-0.2, 0) is 0 Å². The third kappa shape index (κ3) is 2.80. The van der Waals surface area contributed by atoms with Crippen LogP contribution in [0.5, 0.6) is 5.75 Å². The summed E-state index contributed by atoms with van der Waals surface area (Å²) in [7, 11) is 0. The van der Waals surface area contributed by atoms with Crippen LogP contribution in [-0.4, -0.2) is 37.2 Å². The second-order valence-electron chi connectivity index (χ2n) is 3.92. The molecule has 0 aliphatic carbocycles. The van der Waals surface area contributed by atoms with Crippen molar-refractivity contribution in [2.45, 2.75) is 6.04 Å². The Morgan fingerprint density at radius 2 is 1.94 bits per heavy atom. The number of rotatable bonds is 4. The summed E-state index contributed by atoms with van der Waals surface area (Å²) < 4.78 is 5.56. The van der Waals surface area contributed by atoms with Gasteiger partial charge in [0.25, 0.3) is 0 Å². The van der Waals surface area contributed by atoms with Crippen LogP contribution >= 0.6 is 23.2 Å². The third-order valence-corrected chi connectivity index (χ3v) is 3.15. The predicted octanol–water partition coefficient (Wildman–Crippen LogP) is 2.02. The van der Waals surface area contributed by atoms with E-state index in [4.69, 9.17) is 33.7 Å². The molecule has 3 nitrogen and oxygen atoms in total. The number of likely N-dealkylation sites (tertiary alicyclic amines) is 1. The molecule has 5 heteroatoms. The molecule has 2 N–H and O–H groups in total. The Balaban J connectivity index is 1.81. The largest absolute Gasteiger partial charge is 0.489 e. The number of ether oxygens (including phenoxy) is 1. The molecule has 0 radical (unpaired) electrons. The van der Waals surface area contributed by atoms with E-state index in [0.717, 1.165) is 19.6 Å². The zero-order chi connectivity index (χ0) is 11.5. The highest BCUT2D eigenvalue weighted by Gasteiger charge is 2.22. The molecule has 0 saturated carbocycles. The maximum Gasteiger partial charge on any atom is 0.156 e. The summed E-state index contributed by atoms with van der Waals surface area (Å²) in [4.78, 5) is 2.23. The molecule has 2 rings (SSSR count). The second kappa shape index (κ2) is 5.23. The van der Waals surface area contributed by atoms with Crippen LogP contribution in [0.3, 0.4) is 0 Å². The average Bonchev–Trinajstić information content (AvgIpc) is 2.19. The lowest BCUT2D eigenvalue weighted by atomic mass is 10.1. The average molecular weight is 261 g/mol. The molecule has 1 aromatic carbocycles. The molecule has 1 fully saturated rings. The molecule has 0 spiro atoms. The maximum absolute atomic E-state index is 5.97. The minimum Gasteiger partial charge on any atom is -0.489 e. The van der Waals surface area contributed by atoms with Crippen molar-refractivity contribution in [1.82, 2.24) is 4.90 Å². The summed E-state index contributed by atoms with van der Waals surface area (Å²) >= 11 is 11.9. The molecule has 1 heterocycles. The highest BCUT2D eigenvalue weighted by atomic mass is 35.5. The maximum atomic E-state index is 5.97. The molecule has 0 aromatic heterocycles. The molecule has 1 aromatic rings. The molecule has 0 bridgehead atoms. The first kappa shape index (κ1) is 12.0. The van der Waals surface area contributed by atoms with E-state index < -0.39 is 0 Å². The Kier molecular flexibility index (Phi) is 3.92. The zero-order valence-corrected chi connectivity index (χ0v) is 10.3. The first-order valence-corrected chi connectivity index (χ1v) is 5.97. The van der Waals surface area contributed by atoms with E-state index in [1.165, 1.54) is 0 Å². The Hall–Kier alpha value is -0.480. The van der Waals surface area contributed by atoms with E-state index in [1.54, 1.807) is 18.2 Å². The number of nitrogens with zero attached hydrogens (tertiary/aromatic N) is 1. The topological polar surface area (TPSA) is 38.5 Å². The third-order valence-electron chi connectivity index (χ3n) is 2.56. The van der Waals surface area contributed by atoms with Crippen molar-refractivity contribution in [2.24, 2.45) is 5.73 Å². The molecule has 0 atom stereocenters. The van der Waals surface area contributed by atoms with E-state index in [0.29, 0.717) is 28.4 Å². The molecule has 1 aliphatic heterocycles. The summed E-state index contributed by atoms with van der Waals surface area (Å²) in [5.74, 6) is 0.565. The van der Waals surface area contributed by atoms with Crippen LogP contribution in [0.1, 0.15) is 0 Å². The summed E-state index contributed by atoms with van der Waals surface area (Å²) in [5.41, 5.74) is 5.68. The molecule has 88 valence electrons. The van der Waals surface area contributed by atoms with Gasteiger partial charge in [-0.2, -0.15) is 0 Å². The van der Waals surface area contributed by atoms with E-state index in [9.17, 15) is 0 Å². The zero-order valence-electron chi connectivity index (χ0n) is 8.83. The number of benzene rings is 1. The summed E-state index contributed by atoms with van der Waals surface area (Å²) in [5, 5.41) is 1.10. The van der Waals surface area contributed by atoms with Crippen molar-refractivity contribution in [2.75, 3.05) is 26.2 Å². The van der Waals surface area contributed by atoms with Gasteiger partial charge in [0.2, 0.25) is 0 Å².